The molecule has 0 aliphatic carbocycles. The normalized spacial score (nSPS) is 10.4. The molecule has 0 aliphatic rings. The summed E-state index contributed by atoms with van der Waals surface area (Å²) < 4.78 is 5.80. The number of hydrogen-bond donors (Lipinski definition) is 0. The van der Waals surface area contributed by atoms with Crippen molar-refractivity contribution >= 4 is 11.6 Å². The average molecular weight is 211 g/mol. The molecule has 14 heavy (non-hydrogen) atoms. The molecule has 2 aromatic rings. The Morgan fingerprint density at radius 1 is 1.43 bits per heavy atom. The second kappa shape index (κ2) is 3.67. The van der Waals surface area contributed by atoms with E-state index in [1.807, 2.05) is 18.2 Å². The summed E-state index contributed by atoms with van der Waals surface area (Å²) >= 11 is 5.93. The highest BCUT2D eigenvalue weighted by atomic mass is 35.5. The lowest BCUT2D eigenvalue weighted by atomic mass is 10.2. The molecule has 1 heterocycles. The summed E-state index contributed by atoms with van der Waals surface area (Å²) in [4.78, 5) is 0. The lowest BCUT2D eigenvalue weighted by Crippen LogP contribution is -2.35. The van der Waals surface area contributed by atoms with Crippen LogP contribution in [0, 0.1) is 0 Å². The van der Waals surface area contributed by atoms with E-state index in [2.05, 4.69) is 9.79 Å². The van der Waals surface area contributed by atoms with Crippen molar-refractivity contribution in [3.63, 3.8) is 0 Å². The molecule has 0 unspecified atom stereocenters. The Morgan fingerprint density at radius 3 is 2.86 bits per heavy atom. The Kier molecular flexibility index (Phi) is 2.37. The minimum absolute atomic E-state index is 0.436. The topological polar surface area (TPSA) is 53.0 Å². The Balaban J connectivity index is 2.23. The van der Waals surface area contributed by atoms with Crippen LogP contribution in [-0.4, -0.2) is 5.27 Å². The summed E-state index contributed by atoms with van der Waals surface area (Å²) in [6.45, 7) is 0.436. The first-order chi connectivity index (χ1) is 6.75. The fourth-order valence-corrected chi connectivity index (χ4v) is 1.33. The summed E-state index contributed by atoms with van der Waals surface area (Å²) in [6, 6.07) is 7.38. The molecule has 0 radical (unpaired) electrons. The van der Waals surface area contributed by atoms with Crippen LogP contribution in [-0.2, 0) is 6.54 Å². The van der Waals surface area contributed by atoms with Crippen LogP contribution in [0.5, 0.6) is 5.95 Å². The van der Waals surface area contributed by atoms with Crippen molar-refractivity contribution in [1.82, 2.24) is 5.27 Å². The average Bonchev–Trinajstić information content (AvgIpc) is 2.56. The van der Waals surface area contributed by atoms with Crippen LogP contribution in [0.3, 0.4) is 0 Å². The van der Waals surface area contributed by atoms with E-state index in [4.69, 9.17) is 11.6 Å². The van der Waals surface area contributed by atoms with E-state index in [1.165, 1.54) is 10.9 Å². The maximum Gasteiger partial charge on any atom is 0.221 e. The van der Waals surface area contributed by atoms with Crippen molar-refractivity contribution in [3.05, 3.63) is 41.0 Å². The SMILES string of the molecule is [O-]c1c[n+](Cc2ccccc2Cl)no1. The molecule has 0 N–H and O–H groups in total. The Hall–Kier alpha value is -1.55. The van der Waals surface area contributed by atoms with Gasteiger partial charge >= 0.3 is 0 Å². The molecule has 0 saturated carbocycles. The van der Waals surface area contributed by atoms with Gasteiger partial charge in [0, 0.05) is 5.56 Å². The van der Waals surface area contributed by atoms with Crippen LogP contribution in [0.4, 0.5) is 0 Å². The number of benzene rings is 1. The fraction of sp³-hybridized carbons (Fsp3) is 0.111. The molecule has 5 heteroatoms. The van der Waals surface area contributed by atoms with E-state index in [-0.39, 0.29) is 0 Å². The van der Waals surface area contributed by atoms with E-state index >= 15 is 0 Å². The van der Waals surface area contributed by atoms with Crippen LogP contribution in [0.1, 0.15) is 5.56 Å². The minimum Gasteiger partial charge on any atom is -0.539 e. The molecule has 0 saturated heterocycles. The third kappa shape index (κ3) is 1.85. The standard InChI is InChI=1S/C9H7ClN2O2/c10-8-4-2-1-3-7(8)5-12-6-9(13)14-11-12/h1-4,6H,5H2. The summed E-state index contributed by atoms with van der Waals surface area (Å²) in [7, 11) is 0. The van der Waals surface area contributed by atoms with Gasteiger partial charge in [-0.1, -0.05) is 34.5 Å². The molecular formula is C9H7ClN2O2. The quantitative estimate of drug-likeness (QED) is 0.687. The largest absolute Gasteiger partial charge is 0.539 e. The Bertz CT molecular complexity index is 442. The molecule has 72 valence electrons. The maximum absolute atomic E-state index is 10.7. The first-order valence-electron chi connectivity index (χ1n) is 4.02. The van der Waals surface area contributed by atoms with E-state index in [0.717, 1.165) is 5.56 Å². The molecule has 0 amide bonds. The zero-order chi connectivity index (χ0) is 9.97. The van der Waals surface area contributed by atoms with Crippen molar-refractivity contribution < 1.29 is 14.3 Å². The zero-order valence-corrected chi connectivity index (χ0v) is 7.94. The highest BCUT2D eigenvalue weighted by Crippen LogP contribution is 2.14. The summed E-state index contributed by atoms with van der Waals surface area (Å²) in [5.41, 5.74) is 0.896. The van der Waals surface area contributed by atoms with E-state index < -0.39 is 5.95 Å². The lowest BCUT2D eigenvalue weighted by molar-refractivity contribution is -0.754. The molecule has 0 fully saturated rings. The maximum atomic E-state index is 10.7. The number of hydrogen-bond acceptors (Lipinski definition) is 3. The first-order valence-corrected chi connectivity index (χ1v) is 4.40. The van der Waals surface area contributed by atoms with Gasteiger partial charge in [-0.3, -0.25) is 0 Å². The first kappa shape index (κ1) is 9.02. The Morgan fingerprint density at radius 2 is 2.21 bits per heavy atom. The van der Waals surface area contributed by atoms with Gasteiger partial charge in [-0.15, -0.1) is 0 Å². The third-order valence-corrected chi connectivity index (χ3v) is 2.15. The molecule has 0 spiro atoms. The molecule has 1 aromatic heterocycles. The Labute approximate surface area is 85.3 Å². The van der Waals surface area contributed by atoms with Gasteiger partial charge in [0.2, 0.25) is 12.7 Å². The predicted octanol–water partition coefficient (Wildman–Crippen LogP) is 0.737. The van der Waals surface area contributed by atoms with Crippen LogP contribution < -0.4 is 9.79 Å². The van der Waals surface area contributed by atoms with Crippen molar-refractivity contribution in [1.29, 1.82) is 0 Å². The zero-order valence-electron chi connectivity index (χ0n) is 7.18. The van der Waals surface area contributed by atoms with Crippen LogP contribution >= 0.6 is 11.6 Å². The van der Waals surface area contributed by atoms with Gasteiger partial charge in [0.15, 0.2) is 0 Å². The molecule has 0 bridgehead atoms. The van der Waals surface area contributed by atoms with Crippen LogP contribution in [0.25, 0.3) is 0 Å². The number of rotatable bonds is 2. The van der Waals surface area contributed by atoms with Crippen LogP contribution in [0.15, 0.2) is 35.0 Å². The number of nitrogens with zero attached hydrogens (tertiary/aromatic N) is 2. The summed E-state index contributed by atoms with van der Waals surface area (Å²) in [5.74, 6) is -0.461. The van der Waals surface area contributed by atoms with E-state index in [0.29, 0.717) is 11.6 Å². The summed E-state index contributed by atoms with van der Waals surface area (Å²) in [6.07, 6.45) is 1.28. The lowest BCUT2D eigenvalue weighted by Gasteiger charge is -1.95. The fourth-order valence-electron chi connectivity index (χ4n) is 1.14. The molecule has 4 nitrogen and oxygen atoms in total. The van der Waals surface area contributed by atoms with Gasteiger partial charge in [-0.25, -0.2) is 0 Å². The van der Waals surface area contributed by atoms with Gasteiger partial charge in [0.1, 0.15) is 5.95 Å². The highest BCUT2D eigenvalue weighted by molar-refractivity contribution is 6.31. The number of halogens is 1. The highest BCUT2D eigenvalue weighted by Gasteiger charge is 2.08. The van der Waals surface area contributed by atoms with Gasteiger partial charge < -0.3 is 9.63 Å². The van der Waals surface area contributed by atoms with Crippen molar-refractivity contribution in [2.24, 2.45) is 0 Å². The number of aromatic nitrogens is 2. The monoisotopic (exact) mass is 210 g/mol. The van der Waals surface area contributed by atoms with Gasteiger partial charge in [0.05, 0.1) is 10.3 Å². The molecular weight excluding hydrogens is 204 g/mol. The van der Waals surface area contributed by atoms with Crippen LogP contribution in [0.2, 0.25) is 5.02 Å². The molecule has 2 rings (SSSR count). The van der Waals surface area contributed by atoms with Gasteiger partial charge in [-0.05, 0) is 6.07 Å². The van der Waals surface area contributed by atoms with Crippen molar-refractivity contribution in [3.8, 4) is 5.95 Å². The molecule has 0 atom stereocenters. The predicted molar refractivity (Wildman–Crippen MR) is 46.7 cm³/mol. The third-order valence-electron chi connectivity index (χ3n) is 1.78. The van der Waals surface area contributed by atoms with Crippen molar-refractivity contribution in [2.75, 3.05) is 0 Å². The van der Waals surface area contributed by atoms with Gasteiger partial charge in [-0.2, -0.15) is 0 Å². The minimum atomic E-state index is -0.461. The summed E-state index contributed by atoms with van der Waals surface area (Å²) in [5, 5.41) is 14.9. The van der Waals surface area contributed by atoms with Gasteiger partial charge in [0.25, 0.3) is 0 Å². The van der Waals surface area contributed by atoms with E-state index in [9.17, 15) is 5.11 Å². The second-order valence-corrected chi connectivity index (χ2v) is 3.22. The molecule has 0 aliphatic heterocycles. The van der Waals surface area contributed by atoms with Crippen molar-refractivity contribution in [2.45, 2.75) is 6.54 Å². The smallest absolute Gasteiger partial charge is 0.221 e. The molecule has 1 aromatic carbocycles. The second-order valence-electron chi connectivity index (χ2n) is 2.81. The van der Waals surface area contributed by atoms with E-state index in [1.54, 1.807) is 6.07 Å².